The van der Waals surface area contributed by atoms with Crippen LogP contribution in [0.4, 0.5) is 4.79 Å². The van der Waals surface area contributed by atoms with Crippen LogP contribution in [0.15, 0.2) is 42.7 Å². The molecular formula is C34H47N7O5. The van der Waals surface area contributed by atoms with Crippen molar-refractivity contribution < 1.29 is 23.9 Å². The molecule has 12 heteroatoms. The third-order valence-electron chi connectivity index (χ3n) is 10.1. The van der Waals surface area contributed by atoms with Gasteiger partial charge in [0, 0.05) is 57.5 Å². The van der Waals surface area contributed by atoms with Crippen LogP contribution in [0.3, 0.4) is 0 Å². The molecule has 2 aliphatic carbocycles. The van der Waals surface area contributed by atoms with E-state index >= 15 is 0 Å². The highest BCUT2D eigenvalue weighted by atomic mass is 16.5. The van der Waals surface area contributed by atoms with Crippen molar-refractivity contribution in [1.82, 2.24) is 35.5 Å². The lowest BCUT2D eigenvalue weighted by atomic mass is 9.71. The average Bonchev–Trinajstić information content (AvgIpc) is 3.58. The number of nitrogens with one attached hydrogen (secondary N) is 3. The molecule has 3 heterocycles. The van der Waals surface area contributed by atoms with Crippen LogP contribution in [-0.4, -0.2) is 101 Å². The summed E-state index contributed by atoms with van der Waals surface area (Å²) in [5.41, 5.74) is 0.908. The third-order valence-corrected chi connectivity index (χ3v) is 10.1. The summed E-state index contributed by atoms with van der Waals surface area (Å²) in [6.07, 6.45) is 10.6. The summed E-state index contributed by atoms with van der Waals surface area (Å²) >= 11 is 0. The van der Waals surface area contributed by atoms with E-state index in [1.807, 2.05) is 37.3 Å². The van der Waals surface area contributed by atoms with E-state index in [1.54, 1.807) is 33.9 Å². The minimum Gasteiger partial charge on any atom is -0.376 e. The second kappa shape index (κ2) is 13.8. The Morgan fingerprint density at radius 2 is 1.72 bits per heavy atom. The van der Waals surface area contributed by atoms with Crippen molar-refractivity contribution in [1.29, 1.82) is 0 Å². The van der Waals surface area contributed by atoms with Crippen molar-refractivity contribution >= 4 is 23.8 Å². The standard InChI is InChI=1S/C34H47N7O5/c1-23(46-19-25-11-7-4-8-12-25)29(31(43)35-2)38-30(42)28-18-39(20-34(28)21-40(22-34)33(45)37-27-13-14-27)32(44)26-15-36-41(17-26)16-24-9-5-3-6-10-24/h3,5-6,9-10,15,17,23,25,27-29H,4,7-8,11-14,16,18-22H2,1-2H3,(H,35,43)(H,37,45)(H,38,42)/t23-,28+,29+/m1/s1. The number of amides is 5. The summed E-state index contributed by atoms with van der Waals surface area (Å²) < 4.78 is 7.90. The molecule has 3 N–H and O–H groups in total. The molecule has 3 atom stereocenters. The summed E-state index contributed by atoms with van der Waals surface area (Å²) in [5, 5.41) is 13.1. The number of hydrogen-bond donors (Lipinski definition) is 3. The Kier molecular flexibility index (Phi) is 9.62. The number of ether oxygens (including phenoxy) is 1. The summed E-state index contributed by atoms with van der Waals surface area (Å²) in [6.45, 7) is 4.16. The maximum absolute atomic E-state index is 14.1. The predicted octanol–water partition coefficient (Wildman–Crippen LogP) is 2.39. The molecule has 6 rings (SSSR count). The first-order valence-electron chi connectivity index (χ1n) is 16.8. The van der Waals surface area contributed by atoms with Crippen molar-refractivity contribution in [3.05, 3.63) is 53.9 Å². The molecule has 1 aromatic carbocycles. The van der Waals surface area contributed by atoms with Gasteiger partial charge >= 0.3 is 6.03 Å². The first-order valence-corrected chi connectivity index (χ1v) is 16.8. The molecule has 0 bridgehead atoms. The number of rotatable bonds is 11. The normalized spacial score (nSPS) is 22.2. The lowest BCUT2D eigenvalue weighted by Crippen LogP contribution is -2.66. The average molecular weight is 634 g/mol. The third kappa shape index (κ3) is 7.22. The topological polar surface area (TPSA) is 138 Å². The zero-order valence-electron chi connectivity index (χ0n) is 27.0. The number of benzene rings is 1. The molecule has 2 aliphatic heterocycles. The van der Waals surface area contributed by atoms with Gasteiger partial charge in [-0.1, -0.05) is 49.6 Å². The number of carbonyl (C=O) groups excluding carboxylic acids is 4. The first-order chi connectivity index (χ1) is 22.2. The Morgan fingerprint density at radius 3 is 2.41 bits per heavy atom. The summed E-state index contributed by atoms with van der Waals surface area (Å²) in [5.74, 6) is -0.969. The highest BCUT2D eigenvalue weighted by Crippen LogP contribution is 2.45. The molecule has 248 valence electrons. The fraction of sp³-hybridized carbons (Fsp3) is 0.618. The zero-order valence-corrected chi connectivity index (χ0v) is 27.0. The van der Waals surface area contributed by atoms with Gasteiger partial charge in [0.2, 0.25) is 11.8 Å². The van der Waals surface area contributed by atoms with Gasteiger partial charge in [0.15, 0.2) is 0 Å². The van der Waals surface area contributed by atoms with Crippen LogP contribution in [-0.2, 0) is 20.9 Å². The van der Waals surface area contributed by atoms with Gasteiger partial charge in [-0.25, -0.2) is 4.79 Å². The lowest BCUT2D eigenvalue weighted by Gasteiger charge is -2.50. The highest BCUT2D eigenvalue weighted by molar-refractivity contribution is 5.95. The van der Waals surface area contributed by atoms with Crippen LogP contribution in [0.1, 0.15) is 67.8 Å². The van der Waals surface area contributed by atoms with Gasteiger partial charge in [-0.3, -0.25) is 19.1 Å². The second-order valence-electron chi connectivity index (χ2n) is 13.7. The first kappa shape index (κ1) is 32.0. The molecule has 2 saturated heterocycles. The van der Waals surface area contributed by atoms with Crippen molar-refractivity contribution in [2.45, 2.75) is 76.6 Å². The number of nitrogens with zero attached hydrogens (tertiary/aromatic N) is 4. The van der Waals surface area contributed by atoms with Gasteiger partial charge in [-0.05, 0) is 44.1 Å². The number of carbonyl (C=O) groups is 4. The highest BCUT2D eigenvalue weighted by Gasteiger charge is 2.59. The SMILES string of the molecule is CNC(=O)[C@@H](NC(=O)[C@@H]1CN(C(=O)c2cnn(Cc3ccccc3)c2)CC12CN(C(=O)NC1CC1)C2)[C@@H](C)OCC1CCCCC1. The molecule has 0 unspecified atom stereocenters. The quantitative estimate of drug-likeness (QED) is 0.348. The Hall–Kier alpha value is -3.93. The van der Waals surface area contributed by atoms with Crippen LogP contribution in [0.25, 0.3) is 0 Å². The Balaban J connectivity index is 1.15. The maximum Gasteiger partial charge on any atom is 0.317 e. The minimum atomic E-state index is -0.881. The summed E-state index contributed by atoms with van der Waals surface area (Å²) in [7, 11) is 1.55. The molecule has 0 radical (unpaired) electrons. The minimum absolute atomic E-state index is 0.132. The molecule has 4 aliphatic rings. The van der Waals surface area contributed by atoms with E-state index < -0.39 is 23.5 Å². The van der Waals surface area contributed by atoms with Crippen molar-refractivity contribution in [2.75, 3.05) is 39.8 Å². The second-order valence-corrected chi connectivity index (χ2v) is 13.7. The fourth-order valence-corrected chi connectivity index (χ4v) is 7.21. The number of hydrogen-bond acceptors (Lipinski definition) is 6. The van der Waals surface area contributed by atoms with Gasteiger partial charge in [0.1, 0.15) is 6.04 Å². The van der Waals surface area contributed by atoms with E-state index in [0.29, 0.717) is 44.3 Å². The zero-order chi connectivity index (χ0) is 32.3. The van der Waals surface area contributed by atoms with Crippen molar-refractivity contribution in [2.24, 2.45) is 17.3 Å². The molecule has 2 aromatic rings. The molecule has 46 heavy (non-hydrogen) atoms. The van der Waals surface area contributed by atoms with Crippen LogP contribution < -0.4 is 16.0 Å². The fourth-order valence-electron chi connectivity index (χ4n) is 7.21. The number of aromatic nitrogens is 2. The molecule has 2 saturated carbocycles. The van der Waals surface area contributed by atoms with Gasteiger partial charge in [0.25, 0.3) is 5.91 Å². The number of likely N-dealkylation sites (N-methyl/N-ethyl adjacent to an activating group) is 1. The molecule has 1 aromatic heterocycles. The Labute approximate surface area is 270 Å². The number of urea groups is 1. The molecule has 1 spiro atoms. The monoisotopic (exact) mass is 633 g/mol. The van der Waals surface area contributed by atoms with E-state index in [4.69, 9.17) is 4.74 Å². The van der Waals surface area contributed by atoms with Gasteiger partial charge < -0.3 is 30.5 Å². The van der Waals surface area contributed by atoms with Crippen molar-refractivity contribution in [3.63, 3.8) is 0 Å². The van der Waals surface area contributed by atoms with Gasteiger partial charge in [0.05, 0.1) is 30.3 Å². The largest absolute Gasteiger partial charge is 0.376 e. The molecule has 12 nitrogen and oxygen atoms in total. The summed E-state index contributed by atoms with van der Waals surface area (Å²) in [6, 6.07) is 9.10. The van der Waals surface area contributed by atoms with Gasteiger partial charge in [-0.15, -0.1) is 0 Å². The molecular weight excluding hydrogens is 586 g/mol. The Morgan fingerprint density at radius 1 is 1.00 bits per heavy atom. The number of likely N-dealkylation sites (tertiary alicyclic amines) is 2. The van der Waals surface area contributed by atoms with Crippen molar-refractivity contribution in [3.8, 4) is 0 Å². The van der Waals surface area contributed by atoms with E-state index in [-0.39, 0.29) is 36.3 Å². The van der Waals surface area contributed by atoms with E-state index in [2.05, 4.69) is 21.0 Å². The smallest absolute Gasteiger partial charge is 0.317 e. The van der Waals surface area contributed by atoms with Crippen LogP contribution in [0.5, 0.6) is 0 Å². The van der Waals surface area contributed by atoms with Crippen LogP contribution >= 0.6 is 0 Å². The summed E-state index contributed by atoms with van der Waals surface area (Å²) in [4.78, 5) is 57.1. The van der Waals surface area contributed by atoms with Gasteiger partial charge in [-0.2, -0.15) is 5.10 Å². The Bertz CT molecular complexity index is 1400. The van der Waals surface area contributed by atoms with E-state index in [0.717, 1.165) is 31.2 Å². The molecule has 5 amide bonds. The lowest BCUT2D eigenvalue weighted by molar-refractivity contribution is -0.138. The van der Waals surface area contributed by atoms with E-state index in [9.17, 15) is 19.2 Å². The maximum atomic E-state index is 14.1. The predicted molar refractivity (Wildman–Crippen MR) is 171 cm³/mol. The van der Waals surface area contributed by atoms with Crippen LogP contribution in [0, 0.1) is 17.3 Å². The molecule has 4 fully saturated rings. The van der Waals surface area contributed by atoms with E-state index in [1.165, 1.54) is 19.3 Å². The van der Waals surface area contributed by atoms with Crippen LogP contribution in [0.2, 0.25) is 0 Å².